The van der Waals surface area contributed by atoms with Crippen LogP contribution in [0.4, 0.5) is 4.79 Å². The Morgan fingerprint density at radius 1 is 1.50 bits per heavy atom. The Kier molecular flexibility index (Phi) is 2.41. The zero-order chi connectivity index (χ0) is 10.1. The number of rotatable bonds is 1. The van der Waals surface area contributed by atoms with Crippen LogP contribution in [0.15, 0.2) is 0 Å². The van der Waals surface area contributed by atoms with Gasteiger partial charge in [0, 0.05) is 13.2 Å². The van der Waals surface area contributed by atoms with Crippen LogP contribution in [0.25, 0.3) is 0 Å². The quantitative estimate of drug-likeness (QED) is 0.643. The zero-order valence-electron chi connectivity index (χ0n) is 8.16. The van der Waals surface area contributed by atoms with Crippen molar-refractivity contribution in [3.8, 4) is 0 Å². The Bertz CT molecular complexity index is 261. The van der Waals surface area contributed by atoms with Gasteiger partial charge in [-0.05, 0) is 6.42 Å². The normalized spacial score (nSPS) is 33.4. The Morgan fingerprint density at radius 3 is 2.93 bits per heavy atom. The Hall–Kier alpha value is -1.10. The topological polar surface area (TPSA) is 58.6 Å². The smallest absolute Gasteiger partial charge is 0.324 e. The van der Waals surface area contributed by atoms with E-state index in [0.717, 1.165) is 6.42 Å². The lowest BCUT2D eigenvalue weighted by Crippen LogP contribution is -2.57. The van der Waals surface area contributed by atoms with Crippen molar-refractivity contribution in [2.24, 2.45) is 5.92 Å². The van der Waals surface area contributed by atoms with Crippen LogP contribution in [-0.4, -0.2) is 42.6 Å². The van der Waals surface area contributed by atoms with Gasteiger partial charge in [-0.25, -0.2) is 4.79 Å². The molecule has 2 aliphatic heterocycles. The number of amides is 3. The Labute approximate surface area is 82.4 Å². The molecule has 2 saturated heterocycles. The van der Waals surface area contributed by atoms with Crippen LogP contribution in [0.2, 0.25) is 0 Å². The van der Waals surface area contributed by atoms with Gasteiger partial charge in [-0.1, -0.05) is 6.92 Å². The maximum Gasteiger partial charge on any atom is 0.324 e. The molecule has 0 radical (unpaired) electrons. The van der Waals surface area contributed by atoms with E-state index >= 15 is 0 Å². The van der Waals surface area contributed by atoms with E-state index < -0.39 is 0 Å². The molecule has 0 aromatic heterocycles. The third kappa shape index (κ3) is 1.48. The number of carbonyl (C=O) groups is 2. The summed E-state index contributed by atoms with van der Waals surface area (Å²) in [5.41, 5.74) is 0. The van der Waals surface area contributed by atoms with Gasteiger partial charge in [0.2, 0.25) is 5.91 Å². The SMILES string of the molecule is CC1CNC(=O)N(C2CCOC2)C1=O. The van der Waals surface area contributed by atoms with Gasteiger partial charge < -0.3 is 10.1 Å². The Balaban J connectivity index is 2.12. The van der Waals surface area contributed by atoms with E-state index in [0.29, 0.717) is 19.8 Å². The summed E-state index contributed by atoms with van der Waals surface area (Å²) in [5.74, 6) is -0.197. The number of urea groups is 1. The third-order valence-electron chi connectivity index (χ3n) is 2.71. The fraction of sp³-hybridized carbons (Fsp3) is 0.778. The summed E-state index contributed by atoms with van der Waals surface area (Å²) in [6.07, 6.45) is 0.756. The van der Waals surface area contributed by atoms with Gasteiger partial charge in [0.05, 0.1) is 18.6 Å². The maximum atomic E-state index is 11.7. The predicted molar refractivity (Wildman–Crippen MR) is 48.6 cm³/mol. The highest BCUT2D eigenvalue weighted by Crippen LogP contribution is 2.18. The van der Waals surface area contributed by atoms with Gasteiger partial charge in [0.15, 0.2) is 0 Å². The molecule has 0 aromatic carbocycles. The average molecular weight is 198 g/mol. The fourth-order valence-corrected chi connectivity index (χ4v) is 1.82. The molecule has 2 aliphatic rings. The standard InChI is InChI=1S/C9H14N2O3/c1-6-4-10-9(13)11(8(6)12)7-2-3-14-5-7/h6-7H,2-5H2,1H3,(H,10,13). The van der Waals surface area contributed by atoms with Crippen LogP contribution < -0.4 is 5.32 Å². The number of imide groups is 1. The number of carbonyl (C=O) groups excluding carboxylic acids is 2. The van der Waals surface area contributed by atoms with Crippen LogP contribution in [0.5, 0.6) is 0 Å². The van der Waals surface area contributed by atoms with Crippen LogP contribution in [0, 0.1) is 5.92 Å². The number of hydrogen-bond acceptors (Lipinski definition) is 3. The Morgan fingerprint density at radius 2 is 2.29 bits per heavy atom. The summed E-state index contributed by atoms with van der Waals surface area (Å²) in [7, 11) is 0. The zero-order valence-corrected chi connectivity index (χ0v) is 8.16. The average Bonchev–Trinajstić information content (AvgIpc) is 2.65. The molecule has 2 heterocycles. The molecule has 0 aliphatic carbocycles. The molecule has 0 aromatic rings. The molecule has 3 amide bonds. The van der Waals surface area contributed by atoms with E-state index in [1.54, 1.807) is 0 Å². The maximum absolute atomic E-state index is 11.7. The monoisotopic (exact) mass is 198 g/mol. The fourth-order valence-electron chi connectivity index (χ4n) is 1.82. The third-order valence-corrected chi connectivity index (χ3v) is 2.71. The second-order valence-corrected chi connectivity index (χ2v) is 3.81. The number of nitrogens with zero attached hydrogens (tertiary/aromatic N) is 1. The van der Waals surface area contributed by atoms with Crippen LogP contribution >= 0.6 is 0 Å². The molecule has 5 nitrogen and oxygen atoms in total. The molecule has 0 saturated carbocycles. The summed E-state index contributed by atoms with van der Waals surface area (Å²) < 4.78 is 5.17. The molecule has 14 heavy (non-hydrogen) atoms. The lowest BCUT2D eigenvalue weighted by molar-refractivity contribution is -0.135. The molecule has 2 fully saturated rings. The number of ether oxygens (including phenoxy) is 1. The van der Waals surface area contributed by atoms with Crippen molar-refractivity contribution >= 4 is 11.9 Å². The van der Waals surface area contributed by atoms with Gasteiger partial charge >= 0.3 is 6.03 Å². The highest BCUT2D eigenvalue weighted by atomic mass is 16.5. The van der Waals surface area contributed by atoms with Crippen molar-refractivity contribution in [1.82, 2.24) is 10.2 Å². The van der Waals surface area contributed by atoms with E-state index in [9.17, 15) is 9.59 Å². The summed E-state index contributed by atoms with van der Waals surface area (Å²) in [6.45, 7) is 3.38. The minimum Gasteiger partial charge on any atom is -0.379 e. The first-order valence-corrected chi connectivity index (χ1v) is 4.89. The molecular formula is C9H14N2O3. The van der Waals surface area contributed by atoms with E-state index in [1.807, 2.05) is 6.92 Å². The van der Waals surface area contributed by atoms with Crippen molar-refractivity contribution in [3.05, 3.63) is 0 Å². The van der Waals surface area contributed by atoms with Gasteiger partial charge in [-0.3, -0.25) is 9.69 Å². The van der Waals surface area contributed by atoms with Crippen LogP contribution in [-0.2, 0) is 9.53 Å². The molecular weight excluding hydrogens is 184 g/mol. The highest BCUT2D eigenvalue weighted by molar-refractivity contribution is 5.98. The first-order valence-electron chi connectivity index (χ1n) is 4.89. The van der Waals surface area contributed by atoms with Crippen molar-refractivity contribution < 1.29 is 14.3 Å². The lowest BCUT2D eigenvalue weighted by atomic mass is 10.1. The van der Waals surface area contributed by atoms with Crippen LogP contribution in [0.1, 0.15) is 13.3 Å². The summed E-state index contributed by atoms with van der Waals surface area (Å²) in [4.78, 5) is 24.5. The largest absolute Gasteiger partial charge is 0.379 e. The first-order chi connectivity index (χ1) is 6.70. The van der Waals surface area contributed by atoms with Gasteiger partial charge in [-0.2, -0.15) is 0 Å². The van der Waals surface area contributed by atoms with Crippen molar-refractivity contribution in [2.75, 3.05) is 19.8 Å². The first kappa shape index (κ1) is 9.45. The molecule has 2 unspecified atom stereocenters. The minimum atomic E-state index is -0.274. The van der Waals surface area contributed by atoms with Gasteiger partial charge in [0.1, 0.15) is 0 Å². The van der Waals surface area contributed by atoms with Crippen molar-refractivity contribution in [3.63, 3.8) is 0 Å². The molecule has 1 N–H and O–H groups in total. The minimum absolute atomic E-state index is 0.0646. The summed E-state index contributed by atoms with van der Waals surface area (Å²) >= 11 is 0. The number of nitrogens with one attached hydrogen (secondary N) is 1. The second-order valence-electron chi connectivity index (χ2n) is 3.81. The van der Waals surface area contributed by atoms with E-state index in [-0.39, 0.29) is 23.9 Å². The molecule has 2 atom stereocenters. The molecule has 5 heteroatoms. The van der Waals surface area contributed by atoms with E-state index in [1.165, 1.54) is 4.90 Å². The summed E-state index contributed by atoms with van der Waals surface area (Å²) in [6, 6.07) is -0.339. The van der Waals surface area contributed by atoms with E-state index in [2.05, 4.69) is 5.32 Å². The molecule has 0 spiro atoms. The highest BCUT2D eigenvalue weighted by Gasteiger charge is 2.37. The lowest BCUT2D eigenvalue weighted by Gasteiger charge is -2.33. The van der Waals surface area contributed by atoms with Gasteiger partial charge in [-0.15, -0.1) is 0 Å². The van der Waals surface area contributed by atoms with Crippen molar-refractivity contribution in [1.29, 1.82) is 0 Å². The second kappa shape index (κ2) is 3.57. The molecule has 2 rings (SSSR count). The predicted octanol–water partition coefficient (Wildman–Crippen LogP) is -0.0368. The molecule has 0 bridgehead atoms. The van der Waals surface area contributed by atoms with Crippen LogP contribution in [0.3, 0.4) is 0 Å². The number of hydrogen-bond donors (Lipinski definition) is 1. The summed E-state index contributed by atoms with van der Waals surface area (Å²) in [5, 5.41) is 2.70. The molecule has 78 valence electrons. The van der Waals surface area contributed by atoms with Gasteiger partial charge in [0.25, 0.3) is 0 Å². The van der Waals surface area contributed by atoms with Crippen molar-refractivity contribution in [2.45, 2.75) is 19.4 Å². The van der Waals surface area contributed by atoms with E-state index in [4.69, 9.17) is 4.74 Å².